The van der Waals surface area contributed by atoms with E-state index < -0.39 is 23.7 Å². The van der Waals surface area contributed by atoms with Gasteiger partial charge in [-0.2, -0.15) is 0 Å². The molecule has 0 saturated heterocycles. The van der Waals surface area contributed by atoms with Crippen LogP contribution in [-0.2, 0) is 11.3 Å². The van der Waals surface area contributed by atoms with Gasteiger partial charge >= 0.3 is 5.97 Å². The summed E-state index contributed by atoms with van der Waals surface area (Å²) in [6, 6.07) is 6.58. The first-order valence-corrected chi connectivity index (χ1v) is 5.20. The summed E-state index contributed by atoms with van der Waals surface area (Å²) in [6.45, 7) is 0.637. The molecule has 0 aliphatic heterocycles. The number of carboxylic acid groups (broad SMARTS) is 1. The summed E-state index contributed by atoms with van der Waals surface area (Å²) in [7, 11) is 0. The third-order valence-electron chi connectivity index (χ3n) is 2.55. The van der Waals surface area contributed by atoms with E-state index >= 15 is 0 Å². The minimum atomic E-state index is -2.07. The second kappa shape index (κ2) is 4.19. The summed E-state index contributed by atoms with van der Waals surface area (Å²) in [5, 5.41) is 26.1. The molecule has 1 aromatic carbocycles. The third-order valence-corrected chi connectivity index (χ3v) is 2.55. The average Bonchev–Trinajstić information content (AvgIpc) is 2.33. The first-order valence-electron chi connectivity index (χ1n) is 5.20. The van der Waals surface area contributed by atoms with Crippen molar-refractivity contribution in [3.8, 4) is 0 Å². The summed E-state index contributed by atoms with van der Waals surface area (Å²) < 4.78 is 0.844. The summed E-state index contributed by atoms with van der Waals surface area (Å²) >= 11 is 0. The number of hydrogen-bond donors (Lipinski definition) is 2. The molecule has 2 rings (SSSR count). The molecule has 0 fully saturated rings. The Morgan fingerprint density at radius 3 is 2.78 bits per heavy atom. The molecule has 1 heterocycles. The molecular weight excluding hydrogens is 238 g/mol. The zero-order valence-corrected chi connectivity index (χ0v) is 9.57. The van der Waals surface area contributed by atoms with Crippen LogP contribution in [0.2, 0.25) is 0 Å². The number of aromatic nitrogens is 3. The Hall–Kier alpha value is -2.28. The van der Waals surface area contributed by atoms with E-state index in [2.05, 4.69) is 10.3 Å². The highest BCUT2D eigenvalue weighted by Gasteiger charge is 2.31. The van der Waals surface area contributed by atoms with E-state index in [1.165, 1.54) is 0 Å². The lowest BCUT2D eigenvalue weighted by molar-refractivity contribution is -0.158. The number of carbonyl (C=O) groups is 1. The first kappa shape index (κ1) is 12.2. The van der Waals surface area contributed by atoms with E-state index in [4.69, 9.17) is 5.11 Å². The second-order valence-corrected chi connectivity index (χ2v) is 4.15. The summed E-state index contributed by atoms with van der Waals surface area (Å²) in [5.41, 5.74) is -2.13. The molecule has 0 bridgehead atoms. The molecule has 0 aliphatic carbocycles. The van der Waals surface area contributed by atoms with Crippen LogP contribution < -0.4 is 5.56 Å². The van der Waals surface area contributed by atoms with Crippen molar-refractivity contribution in [3.05, 3.63) is 34.6 Å². The zero-order chi connectivity index (χ0) is 13.3. The lowest BCUT2D eigenvalue weighted by Gasteiger charge is -2.17. The molecule has 2 aromatic rings. The fourth-order valence-electron chi connectivity index (χ4n) is 1.49. The minimum Gasteiger partial charge on any atom is -0.479 e. The number of carboxylic acids is 1. The van der Waals surface area contributed by atoms with Crippen molar-refractivity contribution in [3.63, 3.8) is 0 Å². The lowest BCUT2D eigenvalue weighted by atomic mass is 10.1. The molecule has 94 valence electrons. The van der Waals surface area contributed by atoms with Crippen molar-refractivity contribution in [2.75, 3.05) is 0 Å². The van der Waals surface area contributed by atoms with E-state index in [9.17, 15) is 14.7 Å². The number of aliphatic carboxylic acids is 1. The number of hydrogen-bond acceptors (Lipinski definition) is 5. The SMILES string of the molecule is CC(O)(Cn1nnc2ccccc2c1=O)C(=O)O. The predicted molar refractivity (Wildman–Crippen MR) is 62.1 cm³/mol. The molecule has 0 radical (unpaired) electrons. The number of nitrogens with zero attached hydrogens (tertiary/aromatic N) is 3. The van der Waals surface area contributed by atoms with Gasteiger partial charge in [-0.05, 0) is 19.1 Å². The van der Waals surface area contributed by atoms with Crippen molar-refractivity contribution in [1.29, 1.82) is 0 Å². The predicted octanol–water partition coefficient (Wildman–Crippen LogP) is -0.373. The van der Waals surface area contributed by atoms with Gasteiger partial charge in [-0.3, -0.25) is 4.79 Å². The van der Waals surface area contributed by atoms with Gasteiger partial charge in [0.15, 0.2) is 5.60 Å². The quantitative estimate of drug-likeness (QED) is 0.768. The molecule has 7 heteroatoms. The largest absolute Gasteiger partial charge is 0.479 e. The van der Waals surface area contributed by atoms with Gasteiger partial charge in [0.1, 0.15) is 5.52 Å². The maximum Gasteiger partial charge on any atom is 0.337 e. The molecule has 2 N–H and O–H groups in total. The molecule has 0 saturated carbocycles. The van der Waals surface area contributed by atoms with Gasteiger partial charge in [0.2, 0.25) is 0 Å². The first-order chi connectivity index (χ1) is 8.42. The van der Waals surface area contributed by atoms with E-state index in [0.29, 0.717) is 10.9 Å². The fraction of sp³-hybridized carbons (Fsp3) is 0.273. The highest BCUT2D eigenvalue weighted by atomic mass is 16.4. The van der Waals surface area contributed by atoms with E-state index in [-0.39, 0.29) is 0 Å². The normalized spacial score (nSPS) is 14.3. The molecule has 0 spiro atoms. The number of rotatable bonds is 3. The molecule has 18 heavy (non-hydrogen) atoms. The lowest BCUT2D eigenvalue weighted by Crippen LogP contribution is -2.43. The van der Waals surface area contributed by atoms with E-state index in [0.717, 1.165) is 11.6 Å². The molecule has 1 aromatic heterocycles. The Bertz CT molecular complexity index is 663. The standard InChI is InChI=1S/C11H11N3O4/c1-11(18,10(16)17)6-14-9(15)7-4-2-3-5-8(7)12-13-14/h2-5,18H,6H2,1H3,(H,16,17). The van der Waals surface area contributed by atoms with Gasteiger partial charge in [-0.15, -0.1) is 5.10 Å². The van der Waals surface area contributed by atoms with Crippen LogP contribution in [0.25, 0.3) is 10.9 Å². The van der Waals surface area contributed by atoms with Crippen molar-refractivity contribution >= 4 is 16.9 Å². The topological polar surface area (TPSA) is 105 Å². The second-order valence-electron chi connectivity index (χ2n) is 4.15. The van der Waals surface area contributed by atoms with Gasteiger partial charge in [-0.1, -0.05) is 17.3 Å². The molecule has 7 nitrogen and oxygen atoms in total. The maximum atomic E-state index is 12.0. The summed E-state index contributed by atoms with van der Waals surface area (Å²) in [5.74, 6) is -1.43. The highest BCUT2D eigenvalue weighted by molar-refractivity contribution is 5.77. The average molecular weight is 249 g/mol. The van der Waals surface area contributed by atoms with Crippen LogP contribution in [0.4, 0.5) is 0 Å². The number of benzene rings is 1. The van der Waals surface area contributed by atoms with Crippen LogP contribution in [0, 0.1) is 0 Å². The summed E-state index contributed by atoms with van der Waals surface area (Å²) in [6.07, 6.45) is 0. The summed E-state index contributed by atoms with van der Waals surface area (Å²) in [4.78, 5) is 22.8. The number of aliphatic hydroxyl groups is 1. The Balaban J connectivity index is 2.51. The minimum absolute atomic E-state index is 0.327. The monoisotopic (exact) mass is 249 g/mol. The van der Waals surface area contributed by atoms with Crippen LogP contribution in [0.15, 0.2) is 29.1 Å². The van der Waals surface area contributed by atoms with Crippen molar-refractivity contribution in [2.24, 2.45) is 0 Å². The molecule has 1 unspecified atom stereocenters. The van der Waals surface area contributed by atoms with Gasteiger partial charge in [0.05, 0.1) is 11.9 Å². The Morgan fingerprint density at radius 1 is 1.44 bits per heavy atom. The van der Waals surface area contributed by atoms with Crippen molar-refractivity contribution in [2.45, 2.75) is 19.1 Å². The third kappa shape index (κ3) is 2.07. The van der Waals surface area contributed by atoms with Crippen LogP contribution in [-0.4, -0.2) is 36.8 Å². The van der Waals surface area contributed by atoms with Crippen molar-refractivity contribution in [1.82, 2.24) is 15.0 Å². The highest BCUT2D eigenvalue weighted by Crippen LogP contribution is 2.07. The molecule has 0 amide bonds. The molecule has 1 atom stereocenters. The van der Waals surface area contributed by atoms with Gasteiger partial charge in [0, 0.05) is 0 Å². The fourth-order valence-corrected chi connectivity index (χ4v) is 1.49. The van der Waals surface area contributed by atoms with Crippen LogP contribution >= 0.6 is 0 Å². The maximum absolute atomic E-state index is 12.0. The zero-order valence-electron chi connectivity index (χ0n) is 9.57. The number of fused-ring (bicyclic) bond motifs is 1. The van der Waals surface area contributed by atoms with E-state index in [1.54, 1.807) is 24.3 Å². The smallest absolute Gasteiger partial charge is 0.337 e. The van der Waals surface area contributed by atoms with Crippen LogP contribution in [0.3, 0.4) is 0 Å². The van der Waals surface area contributed by atoms with E-state index in [1.807, 2.05) is 0 Å². The van der Waals surface area contributed by atoms with Gasteiger partial charge < -0.3 is 10.2 Å². The molecular formula is C11H11N3O4. The molecule has 0 aliphatic rings. The Labute approximate surface area is 101 Å². The van der Waals surface area contributed by atoms with Gasteiger partial charge in [-0.25, -0.2) is 9.48 Å². The Kier molecular flexibility index (Phi) is 2.84. The Morgan fingerprint density at radius 2 is 2.11 bits per heavy atom. The van der Waals surface area contributed by atoms with Crippen LogP contribution in [0.1, 0.15) is 6.92 Å². The van der Waals surface area contributed by atoms with Crippen LogP contribution in [0.5, 0.6) is 0 Å². The van der Waals surface area contributed by atoms with Crippen molar-refractivity contribution < 1.29 is 15.0 Å². The van der Waals surface area contributed by atoms with Gasteiger partial charge in [0.25, 0.3) is 5.56 Å².